The molecule has 0 N–H and O–H groups in total. The van der Waals surface area contributed by atoms with Gasteiger partial charge in [0.25, 0.3) is 5.91 Å². The molecule has 1 aromatic carbocycles. The van der Waals surface area contributed by atoms with Crippen LogP contribution in [0.2, 0.25) is 0 Å². The van der Waals surface area contributed by atoms with Crippen molar-refractivity contribution in [2.75, 3.05) is 47.1 Å². The molecule has 1 aromatic rings. The molecule has 21 heavy (non-hydrogen) atoms. The van der Waals surface area contributed by atoms with Crippen LogP contribution in [0, 0.1) is 13.8 Å². The molecule has 1 rings (SSSR count). The number of carbonyl (C=O) groups is 1. The van der Waals surface area contributed by atoms with Gasteiger partial charge in [-0.25, -0.2) is 0 Å². The molecule has 0 aromatic heterocycles. The van der Waals surface area contributed by atoms with E-state index in [1.165, 1.54) is 0 Å². The van der Waals surface area contributed by atoms with Crippen LogP contribution < -0.4 is 4.74 Å². The molecule has 0 spiro atoms. The molecule has 0 bridgehead atoms. The summed E-state index contributed by atoms with van der Waals surface area (Å²) in [6, 6.07) is 5.92. The van der Waals surface area contributed by atoms with Crippen molar-refractivity contribution in [3.8, 4) is 5.75 Å². The van der Waals surface area contributed by atoms with Crippen LogP contribution in [0.15, 0.2) is 18.2 Å². The van der Waals surface area contributed by atoms with E-state index < -0.39 is 0 Å². The van der Waals surface area contributed by atoms with E-state index in [0.717, 1.165) is 16.9 Å². The number of ether oxygens (including phenoxy) is 3. The summed E-state index contributed by atoms with van der Waals surface area (Å²) in [5.74, 6) is 0.719. The van der Waals surface area contributed by atoms with Crippen molar-refractivity contribution in [1.82, 2.24) is 4.90 Å². The summed E-state index contributed by atoms with van der Waals surface area (Å²) in [6.45, 7) is 6.04. The fraction of sp³-hybridized carbons (Fsp3) is 0.562. The molecular weight excluding hydrogens is 270 g/mol. The molecule has 5 heteroatoms. The first-order valence-corrected chi connectivity index (χ1v) is 7.04. The number of para-hydroxylation sites is 1. The van der Waals surface area contributed by atoms with Gasteiger partial charge < -0.3 is 19.1 Å². The van der Waals surface area contributed by atoms with E-state index in [4.69, 9.17) is 14.2 Å². The molecule has 0 radical (unpaired) electrons. The quantitative estimate of drug-likeness (QED) is 0.697. The van der Waals surface area contributed by atoms with Crippen LogP contribution in [0.4, 0.5) is 0 Å². The van der Waals surface area contributed by atoms with Crippen molar-refractivity contribution in [2.24, 2.45) is 0 Å². The maximum Gasteiger partial charge on any atom is 0.260 e. The Labute approximate surface area is 126 Å². The largest absolute Gasteiger partial charge is 0.483 e. The van der Waals surface area contributed by atoms with E-state index in [0.29, 0.717) is 26.3 Å². The van der Waals surface area contributed by atoms with E-state index in [-0.39, 0.29) is 12.5 Å². The third-order valence-electron chi connectivity index (χ3n) is 3.23. The number of aryl methyl sites for hydroxylation is 2. The van der Waals surface area contributed by atoms with Gasteiger partial charge in [-0.15, -0.1) is 0 Å². The number of rotatable bonds is 9. The second kappa shape index (κ2) is 9.37. The highest BCUT2D eigenvalue weighted by atomic mass is 16.5. The Morgan fingerprint density at radius 1 is 1.05 bits per heavy atom. The smallest absolute Gasteiger partial charge is 0.260 e. The van der Waals surface area contributed by atoms with Gasteiger partial charge in [-0.05, 0) is 25.0 Å². The predicted molar refractivity (Wildman–Crippen MR) is 81.7 cm³/mol. The Morgan fingerprint density at radius 3 is 2.05 bits per heavy atom. The first kappa shape index (κ1) is 17.5. The van der Waals surface area contributed by atoms with Crippen molar-refractivity contribution in [1.29, 1.82) is 0 Å². The average Bonchev–Trinajstić information content (AvgIpc) is 2.46. The van der Waals surface area contributed by atoms with Crippen molar-refractivity contribution in [3.05, 3.63) is 29.3 Å². The van der Waals surface area contributed by atoms with Gasteiger partial charge in [0, 0.05) is 27.3 Å². The number of hydrogen-bond acceptors (Lipinski definition) is 4. The molecule has 0 aliphatic rings. The van der Waals surface area contributed by atoms with E-state index in [1.807, 2.05) is 32.0 Å². The zero-order valence-corrected chi connectivity index (χ0v) is 13.3. The highest BCUT2D eigenvalue weighted by Crippen LogP contribution is 2.22. The highest BCUT2D eigenvalue weighted by Gasteiger charge is 2.14. The highest BCUT2D eigenvalue weighted by molar-refractivity contribution is 5.77. The van der Waals surface area contributed by atoms with Gasteiger partial charge >= 0.3 is 0 Å². The third kappa shape index (κ3) is 5.73. The molecular formula is C16H25NO4. The number of benzene rings is 1. The van der Waals surface area contributed by atoms with Gasteiger partial charge in [0.15, 0.2) is 6.61 Å². The van der Waals surface area contributed by atoms with Crippen LogP contribution in [0.1, 0.15) is 11.1 Å². The number of amides is 1. The van der Waals surface area contributed by atoms with Crippen molar-refractivity contribution in [3.63, 3.8) is 0 Å². The molecule has 0 fully saturated rings. The first-order chi connectivity index (χ1) is 10.1. The molecule has 0 saturated carbocycles. The lowest BCUT2D eigenvalue weighted by Crippen LogP contribution is -2.39. The summed E-state index contributed by atoms with van der Waals surface area (Å²) in [5, 5.41) is 0. The Kier molecular flexibility index (Phi) is 7.79. The molecule has 1 amide bonds. The van der Waals surface area contributed by atoms with Gasteiger partial charge in [-0.1, -0.05) is 18.2 Å². The van der Waals surface area contributed by atoms with Crippen molar-refractivity contribution in [2.45, 2.75) is 13.8 Å². The maximum absolute atomic E-state index is 12.2. The maximum atomic E-state index is 12.2. The molecule has 0 atom stereocenters. The Bertz CT molecular complexity index is 420. The normalized spacial score (nSPS) is 10.5. The van der Waals surface area contributed by atoms with Gasteiger partial charge in [0.1, 0.15) is 5.75 Å². The molecule has 0 aliphatic heterocycles. The lowest BCUT2D eigenvalue weighted by molar-refractivity contribution is -0.134. The topological polar surface area (TPSA) is 48.0 Å². The summed E-state index contributed by atoms with van der Waals surface area (Å²) in [6.07, 6.45) is 0. The van der Waals surface area contributed by atoms with E-state index in [1.54, 1.807) is 19.1 Å². The van der Waals surface area contributed by atoms with Crippen LogP contribution in [-0.4, -0.2) is 57.9 Å². The van der Waals surface area contributed by atoms with Crippen LogP contribution in [0.25, 0.3) is 0 Å². The van der Waals surface area contributed by atoms with E-state index in [2.05, 4.69) is 0 Å². The third-order valence-corrected chi connectivity index (χ3v) is 3.23. The van der Waals surface area contributed by atoms with E-state index in [9.17, 15) is 4.79 Å². The van der Waals surface area contributed by atoms with Gasteiger partial charge in [-0.3, -0.25) is 4.79 Å². The Balaban J connectivity index is 2.59. The number of methoxy groups -OCH3 is 2. The average molecular weight is 295 g/mol. The fourth-order valence-corrected chi connectivity index (χ4v) is 2.02. The summed E-state index contributed by atoms with van der Waals surface area (Å²) in [4.78, 5) is 13.9. The SMILES string of the molecule is COCCN(CCOC)C(=O)COc1c(C)cccc1C. The summed E-state index contributed by atoms with van der Waals surface area (Å²) < 4.78 is 15.8. The minimum Gasteiger partial charge on any atom is -0.483 e. The van der Waals surface area contributed by atoms with Crippen LogP contribution in [0.3, 0.4) is 0 Å². The number of carbonyl (C=O) groups excluding carboxylic acids is 1. The summed E-state index contributed by atoms with van der Waals surface area (Å²) in [7, 11) is 3.23. The Morgan fingerprint density at radius 2 is 1.57 bits per heavy atom. The first-order valence-electron chi connectivity index (χ1n) is 7.04. The molecule has 0 saturated heterocycles. The predicted octanol–water partition coefficient (Wildman–Crippen LogP) is 1.80. The zero-order chi connectivity index (χ0) is 15.7. The molecule has 0 unspecified atom stereocenters. The summed E-state index contributed by atoms with van der Waals surface area (Å²) >= 11 is 0. The monoisotopic (exact) mass is 295 g/mol. The summed E-state index contributed by atoms with van der Waals surface area (Å²) in [5.41, 5.74) is 2.06. The van der Waals surface area contributed by atoms with Gasteiger partial charge in [0.05, 0.1) is 13.2 Å². The molecule has 5 nitrogen and oxygen atoms in total. The van der Waals surface area contributed by atoms with Crippen molar-refractivity contribution >= 4 is 5.91 Å². The van der Waals surface area contributed by atoms with Crippen LogP contribution in [0.5, 0.6) is 5.75 Å². The number of nitrogens with zero attached hydrogens (tertiary/aromatic N) is 1. The minimum atomic E-state index is -0.0632. The van der Waals surface area contributed by atoms with Crippen molar-refractivity contribution < 1.29 is 19.0 Å². The van der Waals surface area contributed by atoms with Crippen LogP contribution >= 0.6 is 0 Å². The fourth-order valence-electron chi connectivity index (χ4n) is 2.02. The van der Waals surface area contributed by atoms with Crippen LogP contribution in [-0.2, 0) is 14.3 Å². The molecule has 0 heterocycles. The molecule has 118 valence electrons. The second-order valence-corrected chi connectivity index (χ2v) is 4.88. The Hall–Kier alpha value is -1.59. The minimum absolute atomic E-state index is 0.0269. The van der Waals surface area contributed by atoms with E-state index >= 15 is 0 Å². The number of hydrogen-bond donors (Lipinski definition) is 0. The molecule has 0 aliphatic carbocycles. The van der Waals surface area contributed by atoms with Gasteiger partial charge in [0.2, 0.25) is 0 Å². The standard InChI is InChI=1S/C16H25NO4/c1-13-6-5-7-14(2)16(13)21-12-15(18)17(8-10-19-3)9-11-20-4/h5-7H,8-12H2,1-4H3. The zero-order valence-electron chi connectivity index (χ0n) is 13.3. The lowest BCUT2D eigenvalue weighted by Gasteiger charge is -2.22. The van der Waals surface area contributed by atoms with Gasteiger partial charge in [-0.2, -0.15) is 0 Å². The second-order valence-electron chi connectivity index (χ2n) is 4.88. The lowest BCUT2D eigenvalue weighted by atomic mass is 10.1.